The van der Waals surface area contributed by atoms with Gasteiger partial charge in [-0.05, 0) is 51.3 Å². The summed E-state index contributed by atoms with van der Waals surface area (Å²) < 4.78 is 62.0. The maximum atomic E-state index is 10.7. The zero-order valence-electron chi connectivity index (χ0n) is 16.2. The summed E-state index contributed by atoms with van der Waals surface area (Å²) in [6.45, 7) is 8.95. The molecule has 28 heavy (non-hydrogen) atoms. The Kier molecular flexibility index (Phi) is 9.42. The lowest BCUT2D eigenvalue weighted by Crippen LogP contribution is -3.62. The van der Waals surface area contributed by atoms with Crippen LogP contribution in [-0.2, 0) is 16.5 Å². The number of hydrogen-bond donors (Lipinski definition) is 0. The number of hydrogen-bond acceptors (Lipinski definition) is 3. The second-order valence-electron chi connectivity index (χ2n) is 6.44. The highest BCUT2D eigenvalue weighted by molar-refractivity contribution is 7.86. The Balaban J connectivity index is 0.000000416. The van der Waals surface area contributed by atoms with Crippen LogP contribution >= 0.6 is 0 Å². The van der Waals surface area contributed by atoms with Gasteiger partial charge in [-0.2, -0.15) is 13.2 Å². The van der Waals surface area contributed by atoms with E-state index in [1.165, 1.54) is 45.1 Å². The molecule has 2 aromatic rings. The Morgan fingerprint density at radius 2 is 1.46 bits per heavy atom. The van der Waals surface area contributed by atoms with E-state index in [0.29, 0.717) is 0 Å². The van der Waals surface area contributed by atoms with Gasteiger partial charge in [0.2, 0.25) is 0 Å². The summed E-state index contributed by atoms with van der Waals surface area (Å²) in [6, 6.07) is 14.0. The molecule has 0 saturated carbocycles. The number of unbranched alkanes of at least 4 members (excludes halogenated alkanes) is 1. The first kappa shape index (κ1) is 24.9. The minimum absolute atomic E-state index is 0.0539. The van der Waals surface area contributed by atoms with Crippen LogP contribution in [0.4, 0.5) is 13.2 Å². The van der Waals surface area contributed by atoms with Gasteiger partial charge < -0.3 is 4.55 Å². The van der Waals surface area contributed by atoms with E-state index in [9.17, 15) is 13.2 Å². The highest BCUT2D eigenvalue weighted by Crippen LogP contribution is 2.20. The van der Waals surface area contributed by atoms with Crippen LogP contribution < -0.4 is 21.2 Å². The zero-order valence-corrected chi connectivity index (χ0v) is 19.2. The van der Waals surface area contributed by atoms with Crippen molar-refractivity contribution in [3.05, 3.63) is 65.8 Å². The number of halogens is 4. The Morgan fingerprint density at radius 3 is 1.86 bits per heavy atom. The first-order valence-electron chi connectivity index (χ1n) is 8.69. The molecule has 0 fully saturated rings. The minimum atomic E-state index is -6.09. The van der Waals surface area contributed by atoms with Crippen molar-refractivity contribution in [3.63, 3.8) is 0 Å². The fraction of sp³-hybridized carbons (Fsp3) is 0.400. The van der Waals surface area contributed by atoms with Crippen LogP contribution in [0.2, 0.25) is 0 Å². The van der Waals surface area contributed by atoms with Gasteiger partial charge >= 0.3 is 26.7 Å². The Bertz CT molecular complexity index is 854. The molecule has 0 aliphatic rings. The molecule has 0 saturated heterocycles. The molecule has 0 aromatic heterocycles. The minimum Gasteiger partial charge on any atom is -0.741 e. The topological polar surface area (TPSA) is 57.2 Å². The van der Waals surface area contributed by atoms with Crippen molar-refractivity contribution in [2.75, 3.05) is 0 Å². The van der Waals surface area contributed by atoms with E-state index in [2.05, 4.69) is 64.1 Å². The summed E-state index contributed by atoms with van der Waals surface area (Å²) in [5, 5.41) is 0. The van der Waals surface area contributed by atoms with Crippen molar-refractivity contribution in [3.8, 4) is 0 Å². The molecule has 0 bridgehead atoms. The molecule has 8 heteroatoms. The summed E-state index contributed by atoms with van der Waals surface area (Å²) in [6.07, 6.45) is 3.79. The highest BCUT2D eigenvalue weighted by Gasteiger charge is 2.36. The molecule has 0 aliphatic carbocycles. The Morgan fingerprint density at radius 1 is 1.00 bits per heavy atom. The highest BCUT2D eigenvalue weighted by atomic mass is 127. The fourth-order valence-corrected chi connectivity index (χ4v) is 5.02. The first-order chi connectivity index (χ1) is 12.8. The summed E-state index contributed by atoms with van der Waals surface area (Å²) in [4.78, 5) is 0. The molecule has 0 unspecified atom stereocenters. The zero-order chi connectivity index (χ0) is 21.5. The van der Waals surface area contributed by atoms with Crippen LogP contribution in [0.1, 0.15) is 42.0 Å². The molecule has 0 heterocycles. The van der Waals surface area contributed by atoms with E-state index in [-0.39, 0.29) is 21.2 Å². The largest absolute Gasteiger partial charge is 0.741 e. The van der Waals surface area contributed by atoms with Gasteiger partial charge in [-0.3, -0.25) is 0 Å². The monoisotopic (exact) mass is 528 g/mol. The molecule has 0 atom stereocenters. The third-order valence-corrected chi connectivity index (χ3v) is 7.95. The SMILES string of the molecule is CCCCc1ccc([I+]c2c(C)cc(C)cc2C)cc1.O=S(=O)([O-])C(F)(F)F. The predicted octanol–water partition coefficient (Wildman–Crippen LogP) is 2.13. The van der Waals surface area contributed by atoms with Crippen molar-refractivity contribution >= 4 is 10.1 Å². The third kappa shape index (κ3) is 8.08. The van der Waals surface area contributed by atoms with Gasteiger partial charge in [0.1, 0.15) is 0 Å². The van der Waals surface area contributed by atoms with Gasteiger partial charge in [0.15, 0.2) is 17.3 Å². The second-order valence-corrected chi connectivity index (χ2v) is 10.7. The van der Waals surface area contributed by atoms with Crippen molar-refractivity contribution in [2.24, 2.45) is 0 Å². The maximum Gasteiger partial charge on any atom is 0.485 e. The van der Waals surface area contributed by atoms with Gasteiger partial charge in [-0.15, -0.1) is 0 Å². The van der Waals surface area contributed by atoms with Gasteiger partial charge in [0.25, 0.3) is 0 Å². The van der Waals surface area contributed by atoms with E-state index < -0.39 is 15.6 Å². The molecule has 0 radical (unpaired) electrons. The van der Waals surface area contributed by atoms with E-state index in [4.69, 9.17) is 13.0 Å². The molecule has 156 valence electrons. The predicted molar refractivity (Wildman–Crippen MR) is 98.9 cm³/mol. The van der Waals surface area contributed by atoms with Crippen molar-refractivity contribution < 1.29 is 47.3 Å². The average molecular weight is 528 g/mol. The molecule has 0 aliphatic heterocycles. The molecule has 0 N–H and O–H groups in total. The lowest BCUT2D eigenvalue weighted by Gasteiger charge is -2.08. The smallest absolute Gasteiger partial charge is 0.485 e. The fourth-order valence-electron chi connectivity index (χ4n) is 2.52. The summed E-state index contributed by atoms with van der Waals surface area (Å²) in [7, 11) is -6.09. The van der Waals surface area contributed by atoms with E-state index in [1.807, 2.05) is 0 Å². The Hall–Kier alpha value is -1.13. The quantitative estimate of drug-likeness (QED) is 0.340. The molecule has 0 amide bonds. The van der Waals surface area contributed by atoms with E-state index >= 15 is 0 Å². The van der Waals surface area contributed by atoms with Gasteiger partial charge in [0, 0.05) is 11.1 Å². The first-order valence-corrected chi connectivity index (χ1v) is 12.3. The molecular weight excluding hydrogens is 504 g/mol. The van der Waals surface area contributed by atoms with Crippen molar-refractivity contribution in [1.29, 1.82) is 0 Å². The molecule has 3 nitrogen and oxygen atoms in total. The average Bonchev–Trinajstić information content (AvgIpc) is 2.56. The van der Waals surface area contributed by atoms with E-state index in [0.717, 1.165) is 0 Å². The maximum absolute atomic E-state index is 10.7. The van der Waals surface area contributed by atoms with Crippen LogP contribution in [0, 0.1) is 27.9 Å². The Labute approximate surface area is 175 Å². The van der Waals surface area contributed by atoms with Crippen molar-refractivity contribution in [1.82, 2.24) is 0 Å². The standard InChI is InChI=1S/C19H24I.CHF3O3S/c1-5-6-7-17-8-10-18(11-9-17)20-19-15(3)12-14(2)13-16(19)4;2-1(3,4)8(5,6)7/h8-13H,5-7H2,1-4H3;(H,5,6,7)/q+1;/p-1. The van der Waals surface area contributed by atoms with Gasteiger partial charge in [-0.25, -0.2) is 8.42 Å². The summed E-state index contributed by atoms with van der Waals surface area (Å²) in [5.41, 5.74) is 0.142. The normalized spacial score (nSPS) is 11.7. The molecule has 0 spiro atoms. The molecular formula is C20H24F3IO3S. The summed E-state index contributed by atoms with van der Waals surface area (Å²) >= 11 is -0.0539. The number of benzene rings is 2. The van der Waals surface area contributed by atoms with Crippen LogP contribution in [0.3, 0.4) is 0 Å². The van der Waals surface area contributed by atoms with Crippen LogP contribution in [0.25, 0.3) is 0 Å². The van der Waals surface area contributed by atoms with Gasteiger partial charge in [0.05, 0.1) is 0 Å². The van der Waals surface area contributed by atoms with Gasteiger partial charge in [-0.1, -0.05) is 43.2 Å². The van der Waals surface area contributed by atoms with Crippen molar-refractivity contribution in [2.45, 2.75) is 52.5 Å². The summed E-state index contributed by atoms with van der Waals surface area (Å²) in [5.74, 6) is 0. The second kappa shape index (κ2) is 10.6. The van der Waals surface area contributed by atoms with Crippen LogP contribution in [-0.4, -0.2) is 18.5 Å². The number of alkyl halides is 3. The number of aryl methyl sites for hydroxylation is 4. The molecule has 2 aromatic carbocycles. The van der Waals surface area contributed by atoms with Crippen LogP contribution in [0.5, 0.6) is 0 Å². The molecule has 2 rings (SSSR count). The third-order valence-electron chi connectivity index (χ3n) is 3.80. The van der Waals surface area contributed by atoms with E-state index in [1.54, 1.807) is 3.57 Å². The lowest BCUT2D eigenvalue weighted by atomic mass is 10.1. The number of rotatable bonds is 5. The van der Waals surface area contributed by atoms with Crippen LogP contribution in [0.15, 0.2) is 36.4 Å². The lowest BCUT2D eigenvalue weighted by molar-refractivity contribution is -0.598.